The maximum absolute atomic E-state index is 13.8. The van der Waals surface area contributed by atoms with Crippen LogP contribution in [0.5, 0.6) is 11.5 Å². The van der Waals surface area contributed by atoms with Gasteiger partial charge < -0.3 is 14.9 Å². The summed E-state index contributed by atoms with van der Waals surface area (Å²) < 4.78 is 5.41. The number of aliphatic hydroxyl groups excluding tert-OH is 1. The molecule has 2 N–H and O–H groups in total. The molecule has 3 aliphatic rings. The molecule has 0 aliphatic heterocycles. The lowest BCUT2D eigenvalue weighted by Gasteiger charge is -2.52. The Kier molecular flexibility index (Phi) is 4.86. The van der Waals surface area contributed by atoms with E-state index in [2.05, 4.69) is 13.0 Å². The maximum Gasteiger partial charge on any atom is 0.176 e. The number of carbonyl (C=O) groups is 1. The van der Waals surface area contributed by atoms with Gasteiger partial charge >= 0.3 is 0 Å². The van der Waals surface area contributed by atoms with E-state index in [1.807, 2.05) is 24.3 Å². The van der Waals surface area contributed by atoms with Crippen LogP contribution >= 0.6 is 11.8 Å². The van der Waals surface area contributed by atoms with Crippen LogP contribution in [0, 0.1) is 17.3 Å². The Morgan fingerprint density at radius 3 is 2.60 bits per heavy atom. The second-order valence-electron chi connectivity index (χ2n) is 9.28. The van der Waals surface area contributed by atoms with Crippen molar-refractivity contribution in [1.29, 1.82) is 0 Å². The molecule has 158 valence electrons. The fourth-order valence-electron chi connectivity index (χ4n) is 6.28. The molecular weight excluding hydrogens is 396 g/mol. The third-order valence-corrected chi connectivity index (χ3v) is 9.24. The van der Waals surface area contributed by atoms with E-state index in [4.69, 9.17) is 4.74 Å². The molecule has 0 bridgehead atoms. The zero-order chi connectivity index (χ0) is 21.0. The summed E-state index contributed by atoms with van der Waals surface area (Å²) in [5, 5.41) is 20.2. The highest BCUT2D eigenvalue weighted by molar-refractivity contribution is 8.00. The standard InChI is InChI=1S/C25H28O4S/c1-25-12-11-18-17-8-5-15(29-2)13-19(17)23(28)24(22(18)20(25)9-10-21(25)27)30-16-6-3-14(26)4-7-16/h3-8,13,18,20-22,24,26-27H,9-12H2,1-2H3/t18?,20?,21?,22?,24?,25-/m0/s1. The molecule has 0 aromatic heterocycles. The van der Waals surface area contributed by atoms with Gasteiger partial charge in [0.2, 0.25) is 0 Å². The first kappa shape index (κ1) is 20.0. The number of rotatable bonds is 3. The van der Waals surface area contributed by atoms with Gasteiger partial charge in [-0.1, -0.05) is 13.0 Å². The summed E-state index contributed by atoms with van der Waals surface area (Å²) in [6.07, 6.45) is 3.51. The summed E-state index contributed by atoms with van der Waals surface area (Å²) in [5.74, 6) is 1.96. The molecule has 0 spiro atoms. The minimum absolute atomic E-state index is 0.112. The third kappa shape index (κ3) is 2.97. The minimum atomic E-state index is -0.282. The number of carbonyl (C=O) groups excluding carboxylic acids is 1. The van der Waals surface area contributed by atoms with Crippen LogP contribution in [-0.4, -0.2) is 34.5 Å². The summed E-state index contributed by atoms with van der Waals surface area (Å²) in [6, 6.07) is 13.1. The highest BCUT2D eigenvalue weighted by Gasteiger charge is 2.58. The Labute approximate surface area is 181 Å². The average molecular weight is 425 g/mol. The number of methoxy groups -OCH3 is 1. The number of hydrogen-bond donors (Lipinski definition) is 2. The second-order valence-corrected chi connectivity index (χ2v) is 10.5. The number of ketones is 1. The molecule has 2 aromatic carbocycles. The Balaban J connectivity index is 1.60. The molecule has 4 nitrogen and oxygen atoms in total. The van der Waals surface area contributed by atoms with Gasteiger partial charge in [-0.05, 0) is 90.8 Å². The fraction of sp³-hybridized carbons (Fsp3) is 0.480. The van der Waals surface area contributed by atoms with Crippen LogP contribution in [0.4, 0.5) is 0 Å². The summed E-state index contributed by atoms with van der Waals surface area (Å²) in [7, 11) is 1.63. The minimum Gasteiger partial charge on any atom is -0.508 e. The van der Waals surface area contributed by atoms with Gasteiger partial charge in [0, 0.05) is 10.5 Å². The van der Waals surface area contributed by atoms with Crippen molar-refractivity contribution < 1.29 is 19.7 Å². The molecule has 5 unspecified atom stereocenters. The van der Waals surface area contributed by atoms with E-state index in [1.165, 1.54) is 0 Å². The number of fused-ring (bicyclic) bond motifs is 5. The van der Waals surface area contributed by atoms with E-state index < -0.39 is 0 Å². The Bertz CT molecular complexity index is 972. The summed E-state index contributed by atoms with van der Waals surface area (Å²) in [5.41, 5.74) is 1.82. The van der Waals surface area contributed by atoms with Gasteiger partial charge in [0.25, 0.3) is 0 Å². The number of aromatic hydroxyl groups is 1. The van der Waals surface area contributed by atoms with E-state index in [1.54, 1.807) is 31.0 Å². The van der Waals surface area contributed by atoms with Gasteiger partial charge in [0.15, 0.2) is 5.78 Å². The number of ether oxygens (including phenoxy) is 1. The molecule has 0 radical (unpaired) electrons. The highest BCUT2D eigenvalue weighted by Crippen LogP contribution is 2.62. The topological polar surface area (TPSA) is 66.8 Å². The Hall–Kier alpha value is -1.98. The van der Waals surface area contributed by atoms with Gasteiger partial charge in [-0.15, -0.1) is 11.8 Å². The predicted molar refractivity (Wildman–Crippen MR) is 117 cm³/mol. The van der Waals surface area contributed by atoms with Crippen molar-refractivity contribution in [1.82, 2.24) is 0 Å². The molecule has 2 fully saturated rings. The van der Waals surface area contributed by atoms with Gasteiger partial charge in [0.1, 0.15) is 11.5 Å². The van der Waals surface area contributed by atoms with Crippen molar-refractivity contribution in [3.8, 4) is 11.5 Å². The predicted octanol–water partition coefficient (Wildman–Crippen LogP) is 5.03. The quantitative estimate of drug-likeness (QED) is 0.723. The number of phenolic OH excluding ortho intramolecular Hbond substituents is 1. The van der Waals surface area contributed by atoms with E-state index >= 15 is 0 Å². The fourth-order valence-corrected chi connectivity index (χ4v) is 7.64. The van der Waals surface area contributed by atoms with Crippen LogP contribution < -0.4 is 4.74 Å². The maximum atomic E-state index is 13.8. The van der Waals surface area contributed by atoms with Crippen molar-refractivity contribution in [3.05, 3.63) is 53.6 Å². The molecule has 6 atom stereocenters. The number of aliphatic hydroxyl groups is 1. The number of phenols is 1. The van der Waals surface area contributed by atoms with Crippen molar-refractivity contribution in [2.24, 2.45) is 17.3 Å². The lowest BCUT2D eigenvalue weighted by Crippen LogP contribution is -2.50. The van der Waals surface area contributed by atoms with Crippen LogP contribution in [-0.2, 0) is 0 Å². The van der Waals surface area contributed by atoms with Crippen LogP contribution in [0.1, 0.15) is 54.4 Å². The Morgan fingerprint density at radius 2 is 1.87 bits per heavy atom. The molecule has 5 rings (SSSR count). The van der Waals surface area contributed by atoms with Gasteiger partial charge in [-0.2, -0.15) is 0 Å². The lowest BCUT2D eigenvalue weighted by molar-refractivity contribution is -0.0193. The van der Waals surface area contributed by atoms with Crippen LogP contribution in [0.25, 0.3) is 0 Å². The zero-order valence-electron chi connectivity index (χ0n) is 17.4. The van der Waals surface area contributed by atoms with E-state index in [9.17, 15) is 15.0 Å². The van der Waals surface area contributed by atoms with E-state index in [-0.39, 0.29) is 34.2 Å². The molecule has 0 saturated heterocycles. The third-order valence-electron chi connectivity index (χ3n) is 7.92. The molecule has 0 amide bonds. The molecule has 2 saturated carbocycles. The van der Waals surface area contributed by atoms with Crippen molar-refractivity contribution in [2.45, 2.75) is 54.8 Å². The van der Waals surface area contributed by atoms with Crippen molar-refractivity contribution >= 4 is 17.5 Å². The van der Waals surface area contributed by atoms with Crippen LogP contribution in [0.3, 0.4) is 0 Å². The van der Waals surface area contributed by atoms with E-state index in [0.29, 0.717) is 17.6 Å². The molecule has 5 heteroatoms. The van der Waals surface area contributed by atoms with Gasteiger partial charge in [-0.25, -0.2) is 0 Å². The Morgan fingerprint density at radius 1 is 1.10 bits per heavy atom. The number of thioether (sulfide) groups is 1. The van der Waals surface area contributed by atoms with Crippen LogP contribution in [0.15, 0.2) is 47.4 Å². The lowest BCUT2D eigenvalue weighted by atomic mass is 9.55. The van der Waals surface area contributed by atoms with Gasteiger partial charge in [0.05, 0.1) is 18.5 Å². The first-order valence-corrected chi connectivity index (χ1v) is 11.7. The summed E-state index contributed by atoms with van der Waals surface area (Å²) in [4.78, 5) is 14.8. The largest absolute Gasteiger partial charge is 0.508 e. The number of Topliss-reactive ketones (excluding diaryl/α,β-unsaturated/α-hetero) is 1. The second kappa shape index (κ2) is 7.31. The average Bonchev–Trinajstić information content (AvgIpc) is 3.06. The van der Waals surface area contributed by atoms with E-state index in [0.717, 1.165) is 41.7 Å². The zero-order valence-corrected chi connectivity index (χ0v) is 18.2. The monoisotopic (exact) mass is 424 g/mol. The molecule has 0 heterocycles. The van der Waals surface area contributed by atoms with Gasteiger partial charge in [-0.3, -0.25) is 4.79 Å². The van der Waals surface area contributed by atoms with Crippen molar-refractivity contribution in [2.75, 3.05) is 7.11 Å². The normalized spacial score (nSPS) is 34.8. The summed E-state index contributed by atoms with van der Waals surface area (Å²) >= 11 is 1.61. The first-order valence-electron chi connectivity index (χ1n) is 10.8. The molecule has 2 aromatic rings. The van der Waals surface area contributed by atoms with Crippen molar-refractivity contribution in [3.63, 3.8) is 0 Å². The summed E-state index contributed by atoms with van der Waals surface area (Å²) in [6.45, 7) is 2.22. The SMILES string of the molecule is COc1ccc2c(c1)C(=O)C(Sc1ccc(O)cc1)C1C2CC[C@]2(C)C(O)CCC12. The molecular formula is C25H28O4S. The number of benzene rings is 2. The van der Waals surface area contributed by atoms with Crippen LogP contribution in [0.2, 0.25) is 0 Å². The highest BCUT2D eigenvalue weighted by atomic mass is 32.2. The first-order chi connectivity index (χ1) is 14.4. The molecule has 3 aliphatic carbocycles. The number of hydrogen-bond acceptors (Lipinski definition) is 5. The molecule has 30 heavy (non-hydrogen) atoms. The smallest absolute Gasteiger partial charge is 0.176 e.